The zero-order chi connectivity index (χ0) is 26.4. The first-order valence-corrected chi connectivity index (χ1v) is 11.7. The van der Waals surface area contributed by atoms with Gasteiger partial charge in [-0.15, -0.1) is 0 Å². The number of alkyl halides is 6. The molecule has 0 aromatic heterocycles. The number of hydrogen-bond acceptors (Lipinski definition) is 3. The molecule has 2 saturated heterocycles. The van der Waals surface area contributed by atoms with Crippen LogP contribution in [0, 0.1) is 0 Å². The van der Waals surface area contributed by atoms with Crippen LogP contribution < -0.4 is 5.32 Å². The Morgan fingerprint density at radius 3 is 2.06 bits per heavy atom. The first-order valence-electron chi connectivity index (χ1n) is 11.7. The fourth-order valence-corrected chi connectivity index (χ4v) is 5.18. The van der Waals surface area contributed by atoms with E-state index in [9.17, 15) is 31.1 Å². The third-order valence-corrected chi connectivity index (χ3v) is 7.65. The first kappa shape index (κ1) is 26.5. The van der Waals surface area contributed by atoms with E-state index in [0.29, 0.717) is 37.9 Å². The number of halogens is 6. The van der Waals surface area contributed by atoms with Crippen LogP contribution in [0.25, 0.3) is 0 Å². The van der Waals surface area contributed by atoms with E-state index in [1.54, 1.807) is 11.9 Å². The van der Waals surface area contributed by atoms with Crippen molar-refractivity contribution in [2.45, 2.75) is 62.1 Å². The molecule has 2 aromatic rings. The van der Waals surface area contributed by atoms with Crippen molar-refractivity contribution in [1.29, 1.82) is 0 Å². The molecule has 0 bridgehead atoms. The number of amides is 1. The van der Waals surface area contributed by atoms with Crippen LogP contribution in [-0.2, 0) is 27.4 Å². The van der Waals surface area contributed by atoms with Gasteiger partial charge in [-0.3, -0.25) is 4.79 Å². The van der Waals surface area contributed by atoms with Crippen LogP contribution in [-0.4, -0.2) is 36.5 Å². The molecular formula is C26H28F6N2O2. The van der Waals surface area contributed by atoms with Gasteiger partial charge in [0, 0.05) is 20.0 Å². The minimum Gasteiger partial charge on any atom is -0.372 e. The summed E-state index contributed by atoms with van der Waals surface area (Å²) in [6, 6.07) is 10.9. The van der Waals surface area contributed by atoms with Crippen molar-refractivity contribution in [2.24, 2.45) is 0 Å². The standard InChI is InChI=1S/C26H28F6N2O2/c1-17(18-12-20(25(27,28)29)14-21(13-18)26(30,31)32)36-16-24(19-6-4-3-5-7-19)11-10-23(15-33-24)9-8-22(35)34(23)2/h3-7,12-14,17,33H,8-11,15-16H2,1-2H3/t17-,23-,24-/m1/s1. The van der Waals surface area contributed by atoms with Crippen LogP contribution in [0.4, 0.5) is 26.3 Å². The minimum absolute atomic E-state index is 0.0313. The van der Waals surface area contributed by atoms with E-state index in [4.69, 9.17) is 4.74 Å². The van der Waals surface area contributed by atoms with Gasteiger partial charge in [-0.1, -0.05) is 30.3 Å². The molecule has 2 heterocycles. The summed E-state index contributed by atoms with van der Waals surface area (Å²) in [5.41, 5.74) is -3.06. The molecule has 2 aromatic carbocycles. The van der Waals surface area contributed by atoms with Gasteiger partial charge in [0.1, 0.15) is 0 Å². The molecule has 36 heavy (non-hydrogen) atoms. The number of carbonyl (C=O) groups excluding carboxylic acids is 1. The highest BCUT2D eigenvalue weighted by atomic mass is 19.4. The molecule has 0 unspecified atom stereocenters. The van der Waals surface area contributed by atoms with Gasteiger partial charge in [0.25, 0.3) is 0 Å². The Morgan fingerprint density at radius 1 is 0.972 bits per heavy atom. The maximum absolute atomic E-state index is 13.3. The minimum atomic E-state index is -4.93. The molecule has 0 saturated carbocycles. The fraction of sp³-hybridized carbons (Fsp3) is 0.500. The van der Waals surface area contributed by atoms with Gasteiger partial charge in [-0.05, 0) is 55.5 Å². The van der Waals surface area contributed by atoms with Crippen molar-refractivity contribution in [1.82, 2.24) is 10.2 Å². The fourth-order valence-electron chi connectivity index (χ4n) is 5.18. The topological polar surface area (TPSA) is 41.6 Å². The van der Waals surface area contributed by atoms with Crippen LogP contribution in [0.15, 0.2) is 48.5 Å². The number of carbonyl (C=O) groups is 1. The SMILES string of the molecule is C[C@@H](OC[C@@]1(c2ccccc2)CC[C@]2(CCC(=O)N2C)CN1)c1cc(C(F)(F)F)cc(C(F)(F)F)c1. The summed E-state index contributed by atoms with van der Waals surface area (Å²) in [6.45, 7) is 1.98. The second kappa shape index (κ2) is 9.37. The van der Waals surface area contributed by atoms with Crippen LogP contribution >= 0.6 is 0 Å². The van der Waals surface area contributed by atoms with Gasteiger partial charge in [0.05, 0.1) is 34.9 Å². The zero-order valence-electron chi connectivity index (χ0n) is 20.0. The van der Waals surface area contributed by atoms with Crippen LogP contribution in [0.3, 0.4) is 0 Å². The maximum atomic E-state index is 13.3. The van der Waals surface area contributed by atoms with Crippen molar-refractivity contribution in [2.75, 3.05) is 20.2 Å². The first-order chi connectivity index (χ1) is 16.8. The van der Waals surface area contributed by atoms with Crippen molar-refractivity contribution in [3.63, 3.8) is 0 Å². The summed E-state index contributed by atoms with van der Waals surface area (Å²) in [5, 5.41) is 3.53. The highest BCUT2D eigenvalue weighted by molar-refractivity contribution is 5.79. The number of benzene rings is 2. The molecule has 2 fully saturated rings. The lowest BCUT2D eigenvalue weighted by Crippen LogP contribution is -2.62. The molecule has 0 radical (unpaired) electrons. The Morgan fingerprint density at radius 2 is 1.58 bits per heavy atom. The molecule has 0 aliphatic carbocycles. The van der Waals surface area contributed by atoms with Gasteiger partial charge in [0.2, 0.25) is 5.91 Å². The monoisotopic (exact) mass is 514 g/mol. The second-order valence-corrected chi connectivity index (χ2v) is 9.77. The van der Waals surface area contributed by atoms with E-state index in [2.05, 4.69) is 5.32 Å². The third-order valence-electron chi connectivity index (χ3n) is 7.65. The Balaban J connectivity index is 1.59. The highest BCUT2D eigenvalue weighted by Gasteiger charge is 2.50. The Bertz CT molecular complexity index is 1060. The summed E-state index contributed by atoms with van der Waals surface area (Å²) >= 11 is 0. The molecule has 3 atom stereocenters. The van der Waals surface area contributed by atoms with Gasteiger partial charge < -0.3 is 15.0 Å². The molecule has 1 spiro atoms. The van der Waals surface area contributed by atoms with Gasteiger partial charge in [0.15, 0.2) is 0 Å². The molecule has 4 rings (SSSR count). The number of likely N-dealkylation sites (tertiary alicyclic amines) is 1. The normalized spacial score (nSPS) is 26.0. The summed E-state index contributed by atoms with van der Waals surface area (Å²) in [7, 11) is 1.79. The summed E-state index contributed by atoms with van der Waals surface area (Å²) < 4.78 is 85.9. The van der Waals surface area contributed by atoms with E-state index < -0.39 is 35.1 Å². The Hall–Kier alpha value is -2.59. The average Bonchev–Trinajstić information content (AvgIpc) is 3.11. The largest absolute Gasteiger partial charge is 0.416 e. The molecule has 2 aliphatic heterocycles. The smallest absolute Gasteiger partial charge is 0.372 e. The number of nitrogens with zero attached hydrogens (tertiary/aromatic N) is 1. The lowest BCUT2D eigenvalue weighted by molar-refractivity contribution is -0.143. The van der Waals surface area contributed by atoms with Crippen molar-refractivity contribution >= 4 is 5.91 Å². The number of ether oxygens (including phenoxy) is 1. The number of nitrogens with one attached hydrogen (secondary N) is 1. The molecule has 10 heteroatoms. The van der Waals surface area contributed by atoms with Gasteiger partial charge >= 0.3 is 12.4 Å². The zero-order valence-corrected chi connectivity index (χ0v) is 20.0. The van der Waals surface area contributed by atoms with Crippen LogP contribution in [0.2, 0.25) is 0 Å². The van der Waals surface area contributed by atoms with E-state index in [-0.39, 0.29) is 29.7 Å². The van der Waals surface area contributed by atoms with E-state index in [1.807, 2.05) is 30.3 Å². The Kier molecular flexibility index (Phi) is 6.89. The van der Waals surface area contributed by atoms with Crippen molar-refractivity contribution in [3.05, 3.63) is 70.8 Å². The van der Waals surface area contributed by atoms with E-state index >= 15 is 0 Å². The molecule has 1 amide bonds. The van der Waals surface area contributed by atoms with Crippen molar-refractivity contribution in [3.8, 4) is 0 Å². The quantitative estimate of drug-likeness (QED) is 0.493. The van der Waals surface area contributed by atoms with Gasteiger partial charge in [-0.25, -0.2) is 0 Å². The molecule has 4 nitrogen and oxygen atoms in total. The van der Waals surface area contributed by atoms with Crippen LogP contribution in [0.5, 0.6) is 0 Å². The molecule has 2 aliphatic rings. The third kappa shape index (κ3) is 5.11. The summed E-state index contributed by atoms with van der Waals surface area (Å²) in [4.78, 5) is 13.9. The lowest BCUT2D eigenvalue weighted by Gasteiger charge is -2.49. The summed E-state index contributed by atoms with van der Waals surface area (Å²) in [5.74, 6) is 0.0823. The molecule has 196 valence electrons. The number of rotatable bonds is 5. The second-order valence-electron chi connectivity index (χ2n) is 9.77. The predicted octanol–water partition coefficient (Wildman–Crippen LogP) is 6.07. The number of likely N-dealkylation sites (N-methyl/N-ethyl adjacent to an activating group) is 1. The predicted molar refractivity (Wildman–Crippen MR) is 121 cm³/mol. The molecular weight excluding hydrogens is 486 g/mol. The molecule has 1 N–H and O–H groups in total. The highest BCUT2D eigenvalue weighted by Crippen LogP contribution is 2.43. The van der Waals surface area contributed by atoms with E-state index in [1.165, 1.54) is 6.92 Å². The summed E-state index contributed by atoms with van der Waals surface area (Å²) in [6.07, 6.45) is -8.41. The van der Waals surface area contributed by atoms with Crippen molar-refractivity contribution < 1.29 is 35.9 Å². The Labute approximate surface area is 205 Å². The maximum Gasteiger partial charge on any atom is 0.416 e. The van der Waals surface area contributed by atoms with Gasteiger partial charge in [-0.2, -0.15) is 26.3 Å². The van der Waals surface area contributed by atoms with Crippen LogP contribution in [0.1, 0.15) is 61.0 Å². The lowest BCUT2D eigenvalue weighted by atomic mass is 9.75. The number of piperidine rings is 1. The average molecular weight is 515 g/mol. The number of hydrogen-bond donors (Lipinski definition) is 1. The van der Waals surface area contributed by atoms with E-state index in [0.717, 1.165) is 12.0 Å².